The van der Waals surface area contributed by atoms with Crippen molar-refractivity contribution in [3.05, 3.63) is 71.8 Å². The first-order valence-corrected chi connectivity index (χ1v) is 10.5. The SMILES string of the molecule is C=CC(C)=CC(N=C(C)CC(/C=C\C)=NCc1ccc(C(=N)N(C)C)cc1)C(C)C. The molecule has 0 amide bonds. The van der Waals surface area contributed by atoms with Gasteiger partial charge < -0.3 is 4.90 Å². The second kappa shape index (κ2) is 12.7. The molecule has 0 spiro atoms. The van der Waals surface area contributed by atoms with Crippen LogP contribution in [-0.2, 0) is 6.54 Å². The Morgan fingerprint density at radius 1 is 1.17 bits per heavy atom. The van der Waals surface area contributed by atoms with Gasteiger partial charge >= 0.3 is 0 Å². The van der Waals surface area contributed by atoms with Crippen molar-refractivity contribution in [1.29, 1.82) is 5.41 Å². The van der Waals surface area contributed by atoms with Crippen LogP contribution in [-0.4, -0.2) is 42.3 Å². The van der Waals surface area contributed by atoms with Gasteiger partial charge in [0.25, 0.3) is 0 Å². The van der Waals surface area contributed by atoms with E-state index in [4.69, 9.17) is 15.4 Å². The van der Waals surface area contributed by atoms with E-state index in [1.165, 1.54) is 0 Å². The van der Waals surface area contributed by atoms with Crippen molar-refractivity contribution in [2.24, 2.45) is 15.9 Å². The maximum atomic E-state index is 8.06. The van der Waals surface area contributed by atoms with E-state index < -0.39 is 0 Å². The van der Waals surface area contributed by atoms with Gasteiger partial charge in [0.2, 0.25) is 0 Å². The molecule has 0 aromatic heterocycles. The third-order valence-corrected chi connectivity index (χ3v) is 4.74. The lowest BCUT2D eigenvalue weighted by atomic mass is 10.0. The smallest absolute Gasteiger partial charge is 0.127 e. The highest BCUT2D eigenvalue weighted by Gasteiger charge is 2.10. The van der Waals surface area contributed by atoms with Gasteiger partial charge in [-0.05, 0) is 38.3 Å². The van der Waals surface area contributed by atoms with E-state index in [0.717, 1.165) is 34.5 Å². The van der Waals surface area contributed by atoms with E-state index in [9.17, 15) is 0 Å². The molecular weight excluding hydrogens is 368 g/mol. The third kappa shape index (κ3) is 8.73. The maximum absolute atomic E-state index is 8.06. The van der Waals surface area contributed by atoms with E-state index in [1.807, 2.05) is 57.4 Å². The Kier molecular flexibility index (Phi) is 10.7. The Morgan fingerprint density at radius 3 is 2.30 bits per heavy atom. The van der Waals surface area contributed by atoms with Crippen molar-refractivity contribution in [3.63, 3.8) is 0 Å². The van der Waals surface area contributed by atoms with Gasteiger partial charge in [0.1, 0.15) is 5.84 Å². The topological polar surface area (TPSA) is 51.8 Å². The summed E-state index contributed by atoms with van der Waals surface area (Å²) in [5.74, 6) is 0.934. The van der Waals surface area contributed by atoms with Gasteiger partial charge in [-0.15, -0.1) is 0 Å². The number of nitrogens with zero attached hydrogens (tertiary/aromatic N) is 3. The first kappa shape index (κ1) is 25.3. The number of hydrogen-bond donors (Lipinski definition) is 1. The molecule has 4 nitrogen and oxygen atoms in total. The highest BCUT2D eigenvalue weighted by atomic mass is 15.1. The van der Waals surface area contributed by atoms with Gasteiger partial charge in [0.05, 0.1) is 12.6 Å². The Bertz CT molecular complexity index is 821. The minimum absolute atomic E-state index is 0.148. The molecular formula is C26H38N4. The van der Waals surface area contributed by atoms with Crippen LogP contribution < -0.4 is 0 Å². The van der Waals surface area contributed by atoms with Crippen molar-refractivity contribution in [2.45, 2.75) is 53.6 Å². The summed E-state index contributed by atoms with van der Waals surface area (Å²) in [7, 11) is 3.76. The zero-order chi connectivity index (χ0) is 22.7. The van der Waals surface area contributed by atoms with E-state index in [2.05, 4.69) is 46.4 Å². The Hall–Kier alpha value is -2.75. The molecule has 1 N–H and O–H groups in total. The molecule has 30 heavy (non-hydrogen) atoms. The monoisotopic (exact) mass is 406 g/mol. The molecule has 0 bridgehead atoms. The Labute approximate surface area is 183 Å². The van der Waals surface area contributed by atoms with Crippen molar-refractivity contribution in [3.8, 4) is 0 Å². The molecule has 1 atom stereocenters. The molecule has 0 saturated carbocycles. The van der Waals surface area contributed by atoms with Crippen molar-refractivity contribution in [2.75, 3.05) is 14.1 Å². The molecule has 0 aliphatic heterocycles. The molecule has 0 fully saturated rings. The Morgan fingerprint density at radius 2 is 1.80 bits per heavy atom. The largest absolute Gasteiger partial charge is 0.363 e. The number of amidine groups is 1. The highest BCUT2D eigenvalue weighted by molar-refractivity contribution is 6.08. The zero-order valence-electron chi connectivity index (χ0n) is 19.7. The fourth-order valence-corrected chi connectivity index (χ4v) is 2.86. The minimum Gasteiger partial charge on any atom is -0.363 e. The summed E-state index contributed by atoms with van der Waals surface area (Å²) in [5.41, 5.74) is 5.29. The van der Waals surface area contributed by atoms with Gasteiger partial charge in [-0.1, -0.05) is 68.5 Å². The molecule has 0 aliphatic carbocycles. The predicted molar refractivity (Wildman–Crippen MR) is 133 cm³/mol. The molecule has 4 heteroatoms. The fourth-order valence-electron chi connectivity index (χ4n) is 2.86. The lowest BCUT2D eigenvalue weighted by molar-refractivity contribution is 0.570. The number of hydrogen-bond acceptors (Lipinski definition) is 3. The molecule has 0 saturated heterocycles. The summed E-state index contributed by atoms with van der Waals surface area (Å²) in [4.78, 5) is 11.6. The fraction of sp³-hybridized carbons (Fsp3) is 0.423. The zero-order valence-corrected chi connectivity index (χ0v) is 19.7. The maximum Gasteiger partial charge on any atom is 0.127 e. The van der Waals surface area contributed by atoms with Gasteiger partial charge in [0.15, 0.2) is 0 Å². The summed E-state index contributed by atoms with van der Waals surface area (Å²) in [6.07, 6.45) is 8.87. The number of benzene rings is 1. The summed E-state index contributed by atoms with van der Waals surface area (Å²) in [6, 6.07) is 8.20. The van der Waals surface area contributed by atoms with Gasteiger partial charge in [-0.25, -0.2) is 0 Å². The van der Waals surface area contributed by atoms with E-state index in [-0.39, 0.29) is 6.04 Å². The first-order valence-electron chi connectivity index (χ1n) is 10.5. The summed E-state index contributed by atoms with van der Waals surface area (Å²) < 4.78 is 0. The summed E-state index contributed by atoms with van der Waals surface area (Å²) >= 11 is 0. The molecule has 1 aromatic rings. The molecule has 162 valence electrons. The second-order valence-corrected chi connectivity index (χ2v) is 8.14. The second-order valence-electron chi connectivity index (χ2n) is 8.14. The van der Waals surface area contributed by atoms with E-state index in [0.29, 0.717) is 18.3 Å². The molecule has 1 unspecified atom stereocenters. The van der Waals surface area contributed by atoms with Crippen LogP contribution in [0.15, 0.2) is 70.7 Å². The number of nitrogens with one attached hydrogen (secondary N) is 1. The van der Waals surface area contributed by atoms with Gasteiger partial charge in [0, 0.05) is 37.5 Å². The lowest BCUT2D eigenvalue weighted by Gasteiger charge is -2.15. The molecule has 0 radical (unpaired) electrons. The van der Waals surface area contributed by atoms with Crippen LogP contribution in [0.1, 0.15) is 52.2 Å². The molecule has 1 rings (SSSR count). The van der Waals surface area contributed by atoms with E-state index in [1.54, 1.807) is 4.90 Å². The predicted octanol–water partition coefficient (Wildman–Crippen LogP) is 6.10. The molecule has 0 heterocycles. The average molecular weight is 407 g/mol. The highest BCUT2D eigenvalue weighted by Crippen LogP contribution is 2.13. The van der Waals surface area contributed by atoms with Crippen LogP contribution in [0.2, 0.25) is 0 Å². The summed E-state index contributed by atoms with van der Waals surface area (Å²) in [6.45, 7) is 15.0. The first-order chi connectivity index (χ1) is 14.2. The van der Waals surface area contributed by atoms with Gasteiger partial charge in [-0.2, -0.15) is 0 Å². The number of aliphatic imine (C=N–C) groups is 2. The molecule has 0 aliphatic rings. The third-order valence-electron chi connectivity index (χ3n) is 4.74. The quantitative estimate of drug-likeness (QED) is 0.285. The van der Waals surface area contributed by atoms with Crippen LogP contribution >= 0.6 is 0 Å². The lowest BCUT2D eigenvalue weighted by Crippen LogP contribution is -2.21. The van der Waals surface area contributed by atoms with Crippen LogP contribution in [0, 0.1) is 11.3 Å². The average Bonchev–Trinajstić information content (AvgIpc) is 2.71. The van der Waals surface area contributed by atoms with Crippen molar-refractivity contribution < 1.29 is 0 Å². The summed E-state index contributed by atoms with van der Waals surface area (Å²) in [5, 5.41) is 8.06. The van der Waals surface area contributed by atoms with Crippen molar-refractivity contribution in [1.82, 2.24) is 4.90 Å². The van der Waals surface area contributed by atoms with Crippen molar-refractivity contribution >= 4 is 17.3 Å². The van der Waals surface area contributed by atoms with Gasteiger partial charge in [-0.3, -0.25) is 15.4 Å². The Balaban J connectivity index is 2.94. The van der Waals surface area contributed by atoms with Crippen LogP contribution in [0.5, 0.6) is 0 Å². The van der Waals surface area contributed by atoms with Crippen LogP contribution in [0.25, 0.3) is 0 Å². The minimum atomic E-state index is 0.148. The standard InChI is InChI=1S/C26H38N4/c1-9-11-24(17-21(6)29-25(19(3)4)16-20(5)10-2)28-18-22-12-14-23(15-13-22)26(27)30(7)8/h9-16,19,25,27H,2,17-18H2,1,3-8H3/b11-9-,20-16?,27-26?,28-24?,29-21?. The van der Waals surface area contributed by atoms with Crippen LogP contribution in [0.4, 0.5) is 0 Å². The normalized spacial score (nSPS) is 14.3. The number of rotatable bonds is 10. The molecule has 1 aromatic carbocycles. The van der Waals surface area contributed by atoms with E-state index >= 15 is 0 Å². The number of allylic oxidation sites excluding steroid dienone is 4. The van der Waals surface area contributed by atoms with Crippen LogP contribution in [0.3, 0.4) is 0 Å².